The molecule has 0 aliphatic carbocycles. The maximum atomic E-state index is 10.8. The molecule has 14 heteroatoms. The van der Waals surface area contributed by atoms with Gasteiger partial charge in [0.25, 0.3) is 0 Å². The fourth-order valence-corrected chi connectivity index (χ4v) is 4.02. The highest BCUT2D eigenvalue weighted by atomic mass is 16.5. The number of methoxy groups -OCH3 is 2. The summed E-state index contributed by atoms with van der Waals surface area (Å²) in [4.78, 5) is 42.6. The van der Waals surface area contributed by atoms with Gasteiger partial charge in [0.05, 0.1) is 36.5 Å². The molecule has 4 rings (SSSR count). The molecule has 0 saturated heterocycles. The smallest absolute Gasteiger partial charge is 0.335 e. The van der Waals surface area contributed by atoms with Gasteiger partial charge >= 0.3 is 23.9 Å². The summed E-state index contributed by atoms with van der Waals surface area (Å²) >= 11 is 0. The Hall–Kier alpha value is -7.48. The fourth-order valence-electron chi connectivity index (χ4n) is 4.02. The molecular formula is C45H50O14. The van der Waals surface area contributed by atoms with E-state index in [1.54, 1.807) is 42.5 Å². The van der Waals surface area contributed by atoms with E-state index in [0.717, 1.165) is 16.7 Å². The van der Waals surface area contributed by atoms with E-state index in [4.69, 9.17) is 48.8 Å². The average Bonchev–Trinajstić information content (AvgIpc) is 3.21. The van der Waals surface area contributed by atoms with Crippen molar-refractivity contribution in [3.8, 4) is 34.5 Å². The first-order valence-electron chi connectivity index (χ1n) is 17.5. The summed E-state index contributed by atoms with van der Waals surface area (Å²) in [6.07, 6.45) is 1.58. The third-order valence-electron chi connectivity index (χ3n) is 6.80. The molecule has 14 nitrogen and oxygen atoms in total. The van der Waals surface area contributed by atoms with Crippen LogP contribution < -0.4 is 28.4 Å². The first kappa shape index (κ1) is 49.5. The van der Waals surface area contributed by atoms with Crippen molar-refractivity contribution in [1.29, 1.82) is 0 Å². The van der Waals surface area contributed by atoms with Gasteiger partial charge in [0.15, 0.2) is 23.0 Å². The van der Waals surface area contributed by atoms with Crippen molar-refractivity contribution in [2.45, 2.75) is 20.8 Å². The molecule has 0 aliphatic rings. The lowest BCUT2D eigenvalue weighted by Gasteiger charge is -2.11. The molecule has 4 aromatic carbocycles. The van der Waals surface area contributed by atoms with Crippen molar-refractivity contribution < 1.29 is 68.0 Å². The first-order chi connectivity index (χ1) is 27.9. The number of ether oxygens (including phenoxy) is 6. The molecule has 59 heavy (non-hydrogen) atoms. The van der Waals surface area contributed by atoms with Gasteiger partial charge in [-0.3, -0.25) is 0 Å². The van der Waals surface area contributed by atoms with Crippen molar-refractivity contribution in [2.24, 2.45) is 0 Å². The highest BCUT2D eigenvalue weighted by Gasteiger charge is 2.11. The summed E-state index contributed by atoms with van der Waals surface area (Å²) in [7, 11) is 3.00. The minimum atomic E-state index is -0.999. The van der Waals surface area contributed by atoms with Crippen molar-refractivity contribution in [2.75, 3.05) is 40.6 Å². The largest absolute Gasteiger partial charge is 0.493 e. The van der Waals surface area contributed by atoms with Crippen molar-refractivity contribution in [3.05, 3.63) is 156 Å². The first-order valence-corrected chi connectivity index (χ1v) is 17.5. The molecule has 0 atom stereocenters. The van der Waals surface area contributed by atoms with Crippen LogP contribution in [0.5, 0.6) is 34.5 Å². The minimum Gasteiger partial charge on any atom is -0.493 e. The zero-order chi connectivity index (χ0) is 44.5. The van der Waals surface area contributed by atoms with Gasteiger partial charge in [0, 0.05) is 0 Å². The van der Waals surface area contributed by atoms with E-state index in [9.17, 15) is 19.2 Å². The molecule has 0 saturated carbocycles. The van der Waals surface area contributed by atoms with E-state index < -0.39 is 23.9 Å². The Morgan fingerprint density at radius 2 is 0.881 bits per heavy atom. The van der Waals surface area contributed by atoms with Gasteiger partial charge in [-0.05, 0) is 116 Å². The zero-order valence-electron chi connectivity index (χ0n) is 33.7. The number of hydrogen-bond donors (Lipinski definition) is 4. The SMILES string of the molecule is C=C(C)COc1cc(C(=O)O)ccc1OC.C=C(C)COc1ccc(C(=O)O)cc1.C=C(C)COc1cccc(C(=O)O)c1.C=CCOc1cc(C(=O)O)ccc1OC. The molecule has 4 N–H and O–H groups in total. The molecule has 0 heterocycles. The predicted molar refractivity (Wildman–Crippen MR) is 223 cm³/mol. The third kappa shape index (κ3) is 19.8. The molecule has 314 valence electrons. The third-order valence-corrected chi connectivity index (χ3v) is 6.80. The van der Waals surface area contributed by atoms with Crippen molar-refractivity contribution in [3.63, 3.8) is 0 Å². The molecule has 0 bridgehead atoms. The molecular weight excluding hydrogens is 764 g/mol. The van der Waals surface area contributed by atoms with E-state index in [1.165, 1.54) is 62.8 Å². The van der Waals surface area contributed by atoms with Crippen LogP contribution in [0.15, 0.2) is 134 Å². The van der Waals surface area contributed by atoms with E-state index in [1.807, 2.05) is 20.8 Å². The second-order valence-electron chi connectivity index (χ2n) is 12.3. The second kappa shape index (κ2) is 26.4. The number of rotatable bonds is 18. The lowest BCUT2D eigenvalue weighted by molar-refractivity contribution is 0.0685. The van der Waals surface area contributed by atoms with Gasteiger partial charge in [0.2, 0.25) is 0 Å². The van der Waals surface area contributed by atoms with Crippen LogP contribution in [-0.2, 0) is 0 Å². The summed E-state index contributed by atoms with van der Waals surface area (Å²) in [5, 5.41) is 35.0. The molecule has 0 spiro atoms. The van der Waals surface area contributed by atoms with E-state index in [2.05, 4.69) is 26.3 Å². The highest BCUT2D eigenvalue weighted by molar-refractivity contribution is 5.89. The molecule has 0 amide bonds. The summed E-state index contributed by atoms with van der Waals surface area (Å²) in [6, 6.07) is 21.6. The molecule has 0 unspecified atom stereocenters. The summed E-state index contributed by atoms with van der Waals surface area (Å²) in [5.41, 5.74) is 3.48. The number of carboxylic acids is 4. The van der Waals surface area contributed by atoms with Gasteiger partial charge in [0.1, 0.15) is 37.9 Å². The Bertz CT molecular complexity index is 2070. The minimum absolute atomic E-state index is 0.162. The van der Waals surface area contributed by atoms with Gasteiger partial charge < -0.3 is 48.8 Å². The fraction of sp³-hybridized carbons (Fsp3) is 0.200. The average molecular weight is 815 g/mol. The monoisotopic (exact) mass is 814 g/mol. The zero-order valence-corrected chi connectivity index (χ0v) is 33.7. The van der Waals surface area contributed by atoms with Crippen LogP contribution in [0.2, 0.25) is 0 Å². The van der Waals surface area contributed by atoms with Crippen LogP contribution in [-0.4, -0.2) is 85.0 Å². The summed E-state index contributed by atoms with van der Waals surface area (Å²) < 4.78 is 31.3. The molecule has 0 radical (unpaired) electrons. The number of benzene rings is 4. The Labute approximate surface area is 343 Å². The van der Waals surface area contributed by atoms with Gasteiger partial charge in [-0.25, -0.2) is 19.2 Å². The summed E-state index contributed by atoms with van der Waals surface area (Å²) in [6.45, 7) is 21.6. The van der Waals surface area contributed by atoms with Crippen LogP contribution in [0.4, 0.5) is 0 Å². The lowest BCUT2D eigenvalue weighted by atomic mass is 10.2. The van der Waals surface area contributed by atoms with Crippen LogP contribution in [0.3, 0.4) is 0 Å². The molecule has 4 aromatic rings. The van der Waals surface area contributed by atoms with Crippen LogP contribution >= 0.6 is 0 Å². The van der Waals surface area contributed by atoms with Gasteiger partial charge in [-0.2, -0.15) is 0 Å². The normalized spacial score (nSPS) is 9.51. The number of carbonyl (C=O) groups is 4. The van der Waals surface area contributed by atoms with Gasteiger partial charge in [-0.15, -0.1) is 0 Å². The Balaban J connectivity index is 0.000000394. The highest BCUT2D eigenvalue weighted by Crippen LogP contribution is 2.29. The van der Waals surface area contributed by atoms with Crippen LogP contribution in [0.25, 0.3) is 0 Å². The quantitative estimate of drug-likeness (QED) is 0.0693. The maximum absolute atomic E-state index is 10.8. The predicted octanol–water partition coefficient (Wildman–Crippen LogP) is 8.99. The lowest BCUT2D eigenvalue weighted by Crippen LogP contribution is -2.02. The van der Waals surface area contributed by atoms with E-state index in [0.29, 0.717) is 60.9 Å². The number of carboxylic acid groups (broad SMARTS) is 4. The molecule has 0 aliphatic heterocycles. The second-order valence-corrected chi connectivity index (χ2v) is 12.3. The standard InChI is InChI=1S/C12H14O4.C11H12O4.2C11H12O3/c1-8(2)7-16-11-6-9(12(13)14)4-5-10(11)15-3;1-3-6-15-10-7-8(11(12)13)4-5-9(10)14-2;1-8(2)7-14-10-5-3-9(4-6-10)11(12)13;1-8(2)7-14-10-5-3-4-9(6-10)11(12)13/h4-6H,1,7H2,2-3H3,(H,13,14);3-5,7H,1,6H2,2H3,(H,12,13);2*3-6H,1,7H2,2H3,(H,12,13). The van der Waals surface area contributed by atoms with E-state index in [-0.39, 0.29) is 22.3 Å². The topological polar surface area (TPSA) is 205 Å². The Morgan fingerprint density at radius 3 is 1.29 bits per heavy atom. The molecule has 0 aromatic heterocycles. The maximum Gasteiger partial charge on any atom is 0.335 e. The van der Waals surface area contributed by atoms with Crippen molar-refractivity contribution in [1.82, 2.24) is 0 Å². The van der Waals surface area contributed by atoms with Crippen molar-refractivity contribution >= 4 is 23.9 Å². The number of hydrogen-bond acceptors (Lipinski definition) is 10. The Morgan fingerprint density at radius 1 is 0.492 bits per heavy atom. The van der Waals surface area contributed by atoms with Crippen LogP contribution in [0, 0.1) is 0 Å². The molecule has 0 fully saturated rings. The van der Waals surface area contributed by atoms with Crippen LogP contribution in [0.1, 0.15) is 62.2 Å². The van der Waals surface area contributed by atoms with Gasteiger partial charge in [-0.1, -0.05) is 38.5 Å². The summed E-state index contributed by atoms with van der Waals surface area (Å²) in [5.74, 6) is -0.868. The van der Waals surface area contributed by atoms with E-state index >= 15 is 0 Å². The Kier molecular flexibility index (Phi) is 22.2. The number of aromatic carboxylic acids is 4.